The van der Waals surface area contributed by atoms with E-state index in [0.29, 0.717) is 24.6 Å². The van der Waals surface area contributed by atoms with E-state index in [9.17, 15) is 4.79 Å². The Morgan fingerprint density at radius 2 is 1.92 bits per heavy atom. The van der Waals surface area contributed by atoms with Gasteiger partial charge in [0.1, 0.15) is 0 Å². The fraction of sp³-hybridized carbons (Fsp3) is 0.263. The number of anilines is 1. The Labute approximate surface area is 161 Å². The van der Waals surface area contributed by atoms with Crippen molar-refractivity contribution < 1.29 is 4.79 Å². The number of carbonyl (C=O) groups excluding carboxylic acids is 1. The lowest BCUT2D eigenvalue weighted by Gasteiger charge is -2.16. The maximum Gasteiger partial charge on any atom is 0.222 e. The Kier molecular flexibility index (Phi) is 6.04. The number of rotatable bonds is 5. The predicted molar refractivity (Wildman–Crippen MR) is 108 cm³/mol. The Morgan fingerprint density at radius 1 is 1.16 bits per heavy atom. The summed E-state index contributed by atoms with van der Waals surface area (Å²) >= 11 is 8.77. The van der Waals surface area contributed by atoms with Crippen molar-refractivity contribution in [3.8, 4) is 0 Å². The van der Waals surface area contributed by atoms with E-state index >= 15 is 0 Å². The van der Waals surface area contributed by atoms with Gasteiger partial charge in [0.25, 0.3) is 0 Å². The summed E-state index contributed by atoms with van der Waals surface area (Å²) in [5.41, 5.74) is 3.25. The van der Waals surface area contributed by atoms with Gasteiger partial charge >= 0.3 is 0 Å². The molecule has 3 rings (SSSR count). The molecule has 1 fully saturated rings. The predicted octanol–water partition coefficient (Wildman–Crippen LogP) is 4.06. The summed E-state index contributed by atoms with van der Waals surface area (Å²) in [6.07, 6.45) is 1.66. The van der Waals surface area contributed by atoms with E-state index in [4.69, 9.17) is 12.2 Å². The van der Waals surface area contributed by atoms with Crippen molar-refractivity contribution in [2.75, 3.05) is 11.9 Å². The Balaban J connectivity index is 1.48. The largest absolute Gasteiger partial charge is 0.358 e. The van der Waals surface area contributed by atoms with E-state index in [1.807, 2.05) is 29.2 Å². The molecule has 2 aromatic carbocycles. The molecule has 0 aliphatic carbocycles. The fourth-order valence-corrected chi connectivity index (χ4v) is 3.37. The van der Waals surface area contributed by atoms with E-state index in [1.54, 1.807) is 0 Å². The van der Waals surface area contributed by atoms with E-state index in [2.05, 4.69) is 50.8 Å². The number of nitrogens with one attached hydrogen (secondary N) is 2. The van der Waals surface area contributed by atoms with Crippen LogP contribution in [0.25, 0.3) is 0 Å². The van der Waals surface area contributed by atoms with Crippen LogP contribution >= 0.6 is 28.1 Å². The molecule has 0 aromatic heterocycles. The average molecular weight is 418 g/mol. The van der Waals surface area contributed by atoms with Crippen LogP contribution < -0.4 is 10.6 Å². The number of hydrogen-bond donors (Lipinski definition) is 2. The first-order valence-corrected chi connectivity index (χ1v) is 9.46. The van der Waals surface area contributed by atoms with Crippen molar-refractivity contribution in [2.24, 2.45) is 0 Å². The Hall–Kier alpha value is -1.92. The highest BCUT2D eigenvalue weighted by Gasteiger charge is 2.19. The topological polar surface area (TPSA) is 44.4 Å². The average Bonchev–Trinajstić information content (AvgIpc) is 2.99. The molecule has 1 saturated heterocycles. The zero-order valence-corrected chi connectivity index (χ0v) is 16.2. The van der Waals surface area contributed by atoms with Gasteiger partial charge in [-0.1, -0.05) is 46.3 Å². The van der Waals surface area contributed by atoms with Crippen molar-refractivity contribution in [2.45, 2.75) is 25.9 Å². The molecule has 1 heterocycles. The minimum Gasteiger partial charge on any atom is -0.358 e. The van der Waals surface area contributed by atoms with Gasteiger partial charge in [-0.3, -0.25) is 4.79 Å². The maximum absolute atomic E-state index is 11.7. The third kappa shape index (κ3) is 5.28. The van der Waals surface area contributed by atoms with Crippen LogP contribution in [0, 0.1) is 0 Å². The van der Waals surface area contributed by atoms with Crippen molar-refractivity contribution in [3.63, 3.8) is 0 Å². The summed E-state index contributed by atoms with van der Waals surface area (Å²) in [6.45, 7) is 2.23. The van der Waals surface area contributed by atoms with Crippen LogP contribution in [0.5, 0.6) is 0 Å². The first kappa shape index (κ1) is 17.9. The lowest BCUT2D eigenvalue weighted by atomic mass is 10.1. The minimum absolute atomic E-state index is 0.259. The molecule has 0 saturated carbocycles. The van der Waals surface area contributed by atoms with Gasteiger partial charge in [0.15, 0.2) is 5.11 Å². The second-order valence-electron chi connectivity index (χ2n) is 6.05. The summed E-state index contributed by atoms with van der Waals surface area (Å²) in [5, 5.41) is 6.96. The standard InChI is InChI=1S/C19H20BrN3OS/c20-16-3-1-4-17(11-16)22-19(25)21-12-14-6-8-15(9-7-14)13-23-10-2-5-18(23)24/h1,3-4,6-9,11H,2,5,10,12-13H2,(H2,21,22,25). The van der Waals surface area contributed by atoms with Gasteiger partial charge in [-0.25, -0.2) is 0 Å². The normalized spacial score (nSPS) is 13.8. The molecule has 2 aromatic rings. The molecule has 0 spiro atoms. The molecule has 2 N–H and O–H groups in total. The van der Waals surface area contributed by atoms with Crippen LogP contribution in [0.3, 0.4) is 0 Å². The monoisotopic (exact) mass is 417 g/mol. The number of hydrogen-bond acceptors (Lipinski definition) is 2. The number of amides is 1. The molecule has 0 atom stereocenters. The molecule has 0 unspecified atom stereocenters. The molecular formula is C19H20BrN3OS. The summed E-state index contributed by atoms with van der Waals surface area (Å²) < 4.78 is 1.01. The zero-order valence-electron chi connectivity index (χ0n) is 13.8. The summed E-state index contributed by atoms with van der Waals surface area (Å²) in [6, 6.07) is 16.2. The molecule has 130 valence electrons. The van der Waals surface area contributed by atoms with E-state index in [0.717, 1.165) is 34.3 Å². The van der Waals surface area contributed by atoms with Crippen LogP contribution in [-0.4, -0.2) is 22.5 Å². The minimum atomic E-state index is 0.259. The quantitative estimate of drug-likeness (QED) is 0.719. The molecule has 1 aliphatic rings. The van der Waals surface area contributed by atoms with Crippen LogP contribution in [0.15, 0.2) is 53.0 Å². The van der Waals surface area contributed by atoms with Crippen LogP contribution in [-0.2, 0) is 17.9 Å². The number of nitrogens with zero attached hydrogens (tertiary/aromatic N) is 1. The first-order chi connectivity index (χ1) is 12.1. The highest BCUT2D eigenvalue weighted by atomic mass is 79.9. The number of thiocarbonyl (C=S) groups is 1. The summed E-state index contributed by atoms with van der Waals surface area (Å²) in [5.74, 6) is 0.259. The lowest BCUT2D eigenvalue weighted by molar-refractivity contribution is -0.128. The van der Waals surface area contributed by atoms with Gasteiger partial charge < -0.3 is 15.5 Å². The van der Waals surface area contributed by atoms with Crippen LogP contribution in [0.4, 0.5) is 5.69 Å². The third-order valence-electron chi connectivity index (χ3n) is 4.10. The second-order valence-corrected chi connectivity index (χ2v) is 7.38. The van der Waals surface area contributed by atoms with Crippen LogP contribution in [0.1, 0.15) is 24.0 Å². The van der Waals surface area contributed by atoms with Crippen molar-refractivity contribution in [1.29, 1.82) is 0 Å². The highest BCUT2D eigenvalue weighted by molar-refractivity contribution is 9.10. The van der Waals surface area contributed by atoms with Gasteiger partial charge in [-0.2, -0.15) is 0 Å². The molecule has 1 aliphatic heterocycles. The fourth-order valence-electron chi connectivity index (χ4n) is 2.78. The molecular weight excluding hydrogens is 398 g/mol. The lowest BCUT2D eigenvalue weighted by Crippen LogP contribution is -2.27. The van der Waals surface area contributed by atoms with Crippen molar-refractivity contribution >= 4 is 44.9 Å². The number of likely N-dealkylation sites (tertiary alicyclic amines) is 1. The number of benzene rings is 2. The Morgan fingerprint density at radius 3 is 2.60 bits per heavy atom. The third-order valence-corrected chi connectivity index (χ3v) is 4.84. The first-order valence-electron chi connectivity index (χ1n) is 8.26. The maximum atomic E-state index is 11.7. The van der Waals surface area contributed by atoms with E-state index < -0.39 is 0 Å². The molecule has 6 heteroatoms. The number of halogens is 1. The summed E-state index contributed by atoms with van der Waals surface area (Å²) in [4.78, 5) is 13.6. The molecule has 4 nitrogen and oxygen atoms in total. The highest BCUT2D eigenvalue weighted by Crippen LogP contribution is 2.16. The molecule has 25 heavy (non-hydrogen) atoms. The molecule has 0 bridgehead atoms. The molecule has 0 radical (unpaired) electrons. The smallest absolute Gasteiger partial charge is 0.222 e. The SMILES string of the molecule is O=C1CCCN1Cc1ccc(CNC(=S)Nc2cccc(Br)c2)cc1. The van der Waals surface area contributed by atoms with Crippen LogP contribution in [0.2, 0.25) is 0 Å². The van der Waals surface area contributed by atoms with Gasteiger partial charge in [-0.05, 0) is 48.0 Å². The van der Waals surface area contributed by atoms with Crippen molar-refractivity contribution in [3.05, 3.63) is 64.1 Å². The van der Waals surface area contributed by atoms with E-state index in [1.165, 1.54) is 0 Å². The van der Waals surface area contributed by atoms with Crippen molar-refractivity contribution in [1.82, 2.24) is 10.2 Å². The summed E-state index contributed by atoms with van der Waals surface area (Å²) in [7, 11) is 0. The van der Waals surface area contributed by atoms with E-state index in [-0.39, 0.29) is 5.91 Å². The van der Waals surface area contributed by atoms with Gasteiger partial charge in [-0.15, -0.1) is 0 Å². The van der Waals surface area contributed by atoms with Gasteiger partial charge in [0.05, 0.1) is 0 Å². The zero-order chi connectivity index (χ0) is 17.6. The van der Waals surface area contributed by atoms with Gasteiger partial charge in [0, 0.05) is 36.2 Å². The van der Waals surface area contributed by atoms with Gasteiger partial charge in [0.2, 0.25) is 5.91 Å². The second kappa shape index (κ2) is 8.45. The Bertz CT molecular complexity index is 764. The molecule has 1 amide bonds. The number of carbonyl (C=O) groups is 1.